The van der Waals surface area contributed by atoms with Crippen molar-refractivity contribution in [1.82, 2.24) is 0 Å². The minimum absolute atomic E-state index is 0.146. The Balaban J connectivity index is 0.000000429. The van der Waals surface area contributed by atoms with Crippen LogP contribution in [0.25, 0.3) is 0 Å². The van der Waals surface area contributed by atoms with Crippen LogP contribution in [-0.2, 0) is 14.3 Å². The van der Waals surface area contributed by atoms with Crippen LogP contribution in [0.2, 0.25) is 0 Å². The minimum atomic E-state index is -0.815. The SMILES string of the molecule is C=C(C(=O)O)C1C[C@H]2CC[C@@]1(C)C2(C)C.C=C(C)C(=O)OCCCCCCCCCCCCCCCCCC. The van der Waals surface area contributed by atoms with Crippen molar-refractivity contribution in [1.29, 1.82) is 0 Å². The second-order valence-corrected chi connectivity index (χ2v) is 13.2. The molecule has 2 aliphatic carbocycles. The summed E-state index contributed by atoms with van der Waals surface area (Å²) in [6.45, 7) is 18.7. The lowest BCUT2D eigenvalue weighted by molar-refractivity contribution is -0.139. The largest absolute Gasteiger partial charge is 0.478 e. The van der Waals surface area contributed by atoms with Crippen molar-refractivity contribution in [3.8, 4) is 0 Å². The Labute approximate surface area is 241 Å². The van der Waals surface area contributed by atoms with E-state index in [1.165, 1.54) is 103 Å². The van der Waals surface area contributed by atoms with Crippen LogP contribution >= 0.6 is 0 Å². The number of aliphatic carboxylic acids is 1. The number of carbonyl (C=O) groups is 2. The summed E-state index contributed by atoms with van der Waals surface area (Å²) < 4.78 is 5.08. The summed E-state index contributed by atoms with van der Waals surface area (Å²) in [5.74, 6) is -0.201. The molecule has 0 radical (unpaired) electrons. The number of hydrogen-bond donors (Lipinski definition) is 1. The van der Waals surface area contributed by atoms with Gasteiger partial charge in [-0.2, -0.15) is 0 Å². The lowest BCUT2D eigenvalue weighted by Crippen LogP contribution is -2.34. The van der Waals surface area contributed by atoms with Crippen molar-refractivity contribution in [2.75, 3.05) is 6.61 Å². The highest BCUT2D eigenvalue weighted by molar-refractivity contribution is 5.87. The molecule has 0 heterocycles. The maximum Gasteiger partial charge on any atom is 0.333 e. The highest BCUT2D eigenvalue weighted by Gasteiger charge is 2.62. The van der Waals surface area contributed by atoms with Gasteiger partial charge in [-0.3, -0.25) is 0 Å². The van der Waals surface area contributed by atoms with Gasteiger partial charge in [-0.05, 0) is 55.3 Å². The second kappa shape index (κ2) is 18.7. The van der Waals surface area contributed by atoms with E-state index in [2.05, 4.69) is 40.9 Å². The van der Waals surface area contributed by atoms with Crippen LogP contribution in [0.5, 0.6) is 0 Å². The van der Waals surface area contributed by atoms with E-state index in [1.54, 1.807) is 6.92 Å². The summed E-state index contributed by atoms with van der Waals surface area (Å²) in [6.07, 6.45) is 25.2. The summed E-state index contributed by atoms with van der Waals surface area (Å²) in [6, 6.07) is 0. The van der Waals surface area contributed by atoms with Crippen LogP contribution in [0.4, 0.5) is 0 Å². The van der Waals surface area contributed by atoms with Crippen LogP contribution in [-0.4, -0.2) is 23.7 Å². The molecule has 2 saturated carbocycles. The van der Waals surface area contributed by atoms with E-state index in [0.717, 1.165) is 19.3 Å². The fourth-order valence-electron chi connectivity index (χ4n) is 6.82. The Bertz CT molecular complexity index is 752. The summed E-state index contributed by atoms with van der Waals surface area (Å²) in [5, 5.41) is 9.06. The number of unbranched alkanes of at least 4 members (excludes halogenated alkanes) is 15. The van der Waals surface area contributed by atoms with Crippen LogP contribution in [0.1, 0.15) is 157 Å². The molecule has 0 aliphatic heterocycles. The van der Waals surface area contributed by atoms with Crippen LogP contribution < -0.4 is 0 Å². The molecular formula is C35H62O4. The van der Waals surface area contributed by atoms with Gasteiger partial charge in [0.25, 0.3) is 0 Å². The van der Waals surface area contributed by atoms with E-state index in [0.29, 0.717) is 23.7 Å². The molecule has 39 heavy (non-hydrogen) atoms. The summed E-state index contributed by atoms with van der Waals surface area (Å²) in [5.41, 5.74) is 1.34. The third-order valence-electron chi connectivity index (χ3n) is 10.1. The molecule has 0 saturated heterocycles. The molecule has 1 unspecified atom stereocenters. The monoisotopic (exact) mass is 546 g/mol. The van der Waals surface area contributed by atoms with Crippen molar-refractivity contribution < 1.29 is 19.4 Å². The molecule has 4 nitrogen and oxygen atoms in total. The van der Waals surface area contributed by atoms with Gasteiger partial charge in [0.1, 0.15) is 0 Å². The first-order valence-electron chi connectivity index (χ1n) is 16.2. The second-order valence-electron chi connectivity index (χ2n) is 13.2. The number of ether oxygens (including phenoxy) is 1. The third kappa shape index (κ3) is 11.8. The fourth-order valence-corrected chi connectivity index (χ4v) is 6.82. The number of hydrogen-bond acceptors (Lipinski definition) is 3. The molecule has 0 aromatic rings. The molecule has 0 spiro atoms. The standard InChI is InChI=1S/C22H42O2.C13H20O2/c1-4-5-6-7-8-9-10-11-12-13-14-15-16-17-18-19-20-24-22(23)21(2)3;1-8(11(14)15)10-7-9-5-6-13(10,4)12(9,2)3/h2,4-20H2,1,3H3;9-10H,1,5-7H2,2-4H3,(H,14,15)/t;9-,10?,13-/m.1/s1. The first-order chi connectivity index (χ1) is 18.5. The Morgan fingerprint density at radius 1 is 0.795 bits per heavy atom. The van der Waals surface area contributed by atoms with Gasteiger partial charge in [0.2, 0.25) is 0 Å². The van der Waals surface area contributed by atoms with E-state index < -0.39 is 5.97 Å². The van der Waals surface area contributed by atoms with Gasteiger partial charge < -0.3 is 9.84 Å². The predicted octanol–water partition coefficient (Wildman–Crippen LogP) is 10.5. The van der Waals surface area contributed by atoms with E-state index in [4.69, 9.17) is 9.84 Å². The average molecular weight is 547 g/mol. The van der Waals surface area contributed by atoms with Crippen molar-refractivity contribution >= 4 is 11.9 Å². The topological polar surface area (TPSA) is 63.6 Å². The molecule has 2 rings (SSSR count). The molecule has 3 atom stereocenters. The van der Waals surface area contributed by atoms with E-state index in [9.17, 15) is 9.59 Å². The Kier molecular flexibility index (Phi) is 17.0. The van der Waals surface area contributed by atoms with Crippen molar-refractivity contribution in [2.45, 2.75) is 157 Å². The molecule has 4 heteroatoms. The van der Waals surface area contributed by atoms with Gasteiger partial charge in [-0.1, -0.05) is 137 Å². The van der Waals surface area contributed by atoms with Crippen molar-refractivity contribution in [2.24, 2.45) is 22.7 Å². The smallest absolute Gasteiger partial charge is 0.333 e. The quantitative estimate of drug-likeness (QED) is 0.0937. The normalized spacial score (nSPS) is 22.7. The molecular weight excluding hydrogens is 484 g/mol. The molecule has 0 aromatic heterocycles. The number of carboxylic acids is 1. The Morgan fingerprint density at radius 3 is 1.56 bits per heavy atom. The third-order valence-corrected chi connectivity index (χ3v) is 10.1. The van der Waals surface area contributed by atoms with Gasteiger partial charge in [-0.15, -0.1) is 0 Å². The molecule has 2 fully saturated rings. The van der Waals surface area contributed by atoms with Gasteiger partial charge in [0.15, 0.2) is 0 Å². The first kappa shape index (κ1) is 35.4. The lowest BCUT2D eigenvalue weighted by Gasteiger charge is -2.39. The van der Waals surface area contributed by atoms with Crippen molar-refractivity contribution in [3.63, 3.8) is 0 Å². The zero-order valence-electron chi connectivity index (χ0n) is 26.4. The Morgan fingerprint density at radius 2 is 1.23 bits per heavy atom. The van der Waals surface area contributed by atoms with Crippen LogP contribution in [0, 0.1) is 22.7 Å². The highest BCUT2D eigenvalue weighted by Crippen LogP contribution is 2.69. The first-order valence-corrected chi connectivity index (χ1v) is 16.2. The zero-order chi connectivity index (χ0) is 29.3. The fraction of sp³-hybridized carbons (Fsp3) is 0.829. The van der Waals surface area contributed by atoms with Gasteiger partial charge in [0.05, 0.1) is 6.61 Å². The molecule has 0 amide bonds. The molecule has 1 N–H and O–H groups in total. The highest BCUT2D eigenvalue weighted by atomic mass is 16.5. The molecule has 2 bridgehead atoms. The maximum atomic E-state index is 11.2. The number of carbonyl (C=O) groups excluding carboxylic acids is 1. The maximum absolute atomic E-state index is 11.2. The average Bonchev–Trinajstić information content (AvgIpc) is 3.24. The van der Waals surface area contributed by atoms with E-state index in [-0.39, 0.29) is 22.7 Å². The minimum Gasteiger partial charge on any atom is -0.478 e. The predicted molar refractivity (Wildman–Crippen MR) is 165 cm³/mol. The summed E-state index contributed by atoms with van der Waals surface area (Å²) in [7, 11) is 0. The lowest BCUT2D eigenvalue weighted by atomic mass is 9.65. The summed E-state index contributed by atoms with van der Waals surface area (Å²) in [4.78, 5) is 22.2. The van der Waals surface area contributed by atoms with Gasteiger partial charge in [0, 0.05) is 11.1 Å². The molecule has 226 valence electrons. The molecule has 2 aliphatic rings. The van der Waals surface area contributed by atoms with Crippen molar-refractivity contribution in [3.05, 3.63) is 24.3 Å². The van der Waals surface area contributed by atoms with Gasteiger partial charge in [-0.25, -0.2) is 9.59 Å². The number of esters is 1. The summed E-state index contributed by atoms with van der Waals surface area (Å²) >= 11 is 0. The number of rotatable bonds is 20. The molecule has 0 aromatic carbocycles. The number of fused-ring (bicyclic) bond motifs is 2. The van der Waals surface area contributed by atoms with Gasteiger partial charge >= 0.3 is 11.9 Å². The van der Waals surface area contributed by atoms with Crippen LogP contribution in [0.15, 0.2) is 24.3 Å². The zero-order valence-corrected chi connectivity index (χ0v) is 26.4. The van der Waals surface area contributed by atoms with Crippen LogP contribution in [0.3, 0.4) is 0 Å². The van der Waals surface area contributed by atoms with E-state index >= 15 is 0 Å². The number of carboxylic acid groups (broad SMARTS) is 1. The Hall–Kier alpha value is -1.58. The van der Waals surface area contributed by atoms with E-state index in [1.807, 2.05) is 0 Å².